The van der Waals surface area contributed by atoms with Gasteiger partial charge >= 0.3 is 0 Å². The highest BCUT2D eigenvalue weighted by Gasteiger charge is 2.37. The lowest BCUT2D eigenvalue weighted by molar-refractivity contribution is 0.148. The van der Waals surface area contributed by atoms with Gasteiger partial charge in [-0.3, -0.25) is 0 Å². The third-order valence-corrected chi connectivity index (χ3v) is 3.61. The van der Waals surface area contributed by atoms with E-state index in [4.69, 9.17) is 5.73 Å². The van der Waals surface area contributed by atoms with Gasteiger partial charge in [0.2, 0.25) is 0 Å². The van der Waals surface area contributed by atoms with Crippen molar-refractivity contribution in [2.75, 3.05) is 5.73 Å². The number of nitrogen functional groups attached to an aromatic ring is 1. The van der Waals surface area contributed by atoms with Crippen LogP contribution < -0.4 is 5.73 Å². The van der Waals surface area contributed by atoms with Gasteiger partial charge in [0.25, 0.3) is 0 Å². The molecule has 1 aromatic heterocycles. The molecule has 2 N–H and O–H groups in total. The smallest absolute Gasteiger partial charge is 0.184 e. The van der Waals surface area contributed by atoms with Crippen LogP contribution in [0.3, 0.4) is 0 Å². The molecule has 0 atom stereocenters. The number of nitrogens with two attached hydrogens (primary N) is 1. The number of hydrogen-bond acceptors (Lipinski definition) is 4. The molecular formula is C12H15N5. The Hall–Kier alpha value is -1.91. The van der Waals surface area contributed by atoms with Gasteiger partial charge in [-0.15, -0.1) is 5.10 Å². The number of aromatic nitrogens is 4. The van der Waals surface area contributed by atoms with Gasteiger partial charge < -0.3 is 5.73 Å². The van der Waals surface area contributed by atoms with Crippen molar-refractivity contribution in [1.29, 1.82) is 0 Å². The molecule has 0 radical (unpaired) electrons. The first-order chi connectivity index (χ1) is 8.21. The van der Waals surface area contributed by atoms with Crippen LogP contribution >= 0.6 is 0 Å². The zero-order chi connectivity index (χ0) is 11.9. The molecule has 3 rings (SSSR count). The van der Waals surface area contributed by atoms with Gasteiger partial charge in [-0.05, 0) is 48.7 Å². The predicted molar refractivity (Wildman–Crippen MR) is 65.2 cm³/mol. The molecule has 0 unspecified atom stereocenters. The first kappa shape index (κ1) is 10.3. The van der Waals surface area contributed by atoms with Crippen molar-refractivity contribution in [2.24, 2.45) is 0 Å². The van der Waals surface area contributed by atoms with E-state index in [1.807, 2.05) is 28.9 Å². The second-order valence-electron chi connectivity index (χ2n) is 4.85. The number of benzene rings is 1. The molecule has 0 aliphatic heterocycles. The molecule has 0 spiro atoms. The summed E-state index contributed by atoms with van der Waals surface area (Å²) in [5.74, 6) is 0.769. The minimum absolute atomic E-state index is 0.0567. The summed E-state index contributed by atoms with van der Waals surface area (Å²) in [6.07, 6.45) is 3.48. The molecule has 1 fully saturated rings. The van der Waals surface area contributed by atoms with Crippen molar-refractivity contribution in [1.82, 2.24) is 20.2 Å². The molecule has 0 amide bonds. The largest absolute Gasteiger partial charge is 0.398 e. The highest BCUT2D eigenvalue weighted by Crippen LogP contribution is 2.40. The Morgan fingerprint density at radius 1 is 1.29 bits per heavy atom. The average Bonchev–Trinajstić information content (AvgIpc) is 2.75. The second-order valence-corrected chi connectivity index (χ2v) is 4.85. The van der Waals surface area contributed by atoms with Crippen LogP contribution in [0.5, 0.6) is 0 Å². The van der Waals surface area contributed by atoms with Crippen molar-refractivity contribution in [2.45, 2.75) is 31.7 Å². The van der Waals surface area contributed by atoms with E-state index >= 15 is 0 Å². The summed E-state index contributed by atoms with van der Waals surface area (Å²) in [6, 6.07) is 7.70. The Morgan fingerprint density at radius 3 is 2.71 bits per heavy atom. The number of para-hydroxylation sites is 1. The minimum Gasteiger partial charge on any atom is -0.398 e. The molecular weight excluding hydrogens is 214 g/mol. The SMILES string of the molecule is CC1(n2nnnc2-c2ccccc2N)CCC1. The lowest BCUT2D eigenvalue weighted by Gasteiger charge is -2.38. The summed E-state index contributed by atoms with van der Waals surface area (Å²) < 4.78 is 1.92. The molecule has 2 aromatic rings. The first-order valence-electron chi connectivity index (χ1n) is 5.84. The van der Waals surface area contributed by atoms with E-state index < -0.39 is 0 Å². The van der Waals surface area contributed by atoms with Crippen LogP contribution in [-0.4, -0.2) is 20.2 Å². The van der Waals surface area contributed by atoms with E-state index in [0.717, 1.165) is 24.2 Å². The van der Waals surface area contributed by atoms with Crippen LogP contribution in [0.15, 0.2) is 24.3 Å². The third kappa shape index (κ3) is 1.50. The van der Waals surface area contributed by atoms with Gasteiger partial charge in [0.15, 0.2) is 5.82 Å². The quantitative estimate of drug-likeness (QED) is 0.797. The number of hydrogen-bond donors (Lipinski definition) is 1. The first-order valence-corrected chi connectivity index (χ1v) is 5.84. The lowest BCUT2D eigenvalue weighted by Crippen LogP contribution is -2.38. The molecule has 0 bridgehead atoms. The van der Waals surface area contributed by atoms with Gasteiger partial charge in [0.05, 0.1) is 5.54 Å². The predicted octanol–water partition coefficient (Wildman–Crippen LogP) is 1.82. The molecule has 88 valence electrons. The van der Waals surface area contributed by atoms with Crippen LogP contribution in [-0.2, 0) is 5.54 Å². The fourth-order valence-electron chi connectivity index (χ4n) is 2.32. The minimum atomic E-state index is 0.0567. The lowest BCUT2D eigenvalue weighted by atomic mass is 9.78. The summed E-state index contributed by atoms with van der Waals surface area (Å²) in [5, 5.41) is 12.0. The maximum Gasteiger partial charge on any atom is 0.184 e. The Morgan fingerprint density at radius 2 is 2.06 bits per heavy atom. The average molecular weight is 229 g/mol. The zero-order valence-electron chi connectivity index (χ0n) is 9.80. The van der Waals surface area contributed by atoms with E-state index in [0.29, 0.717) is 5.69 Å². The Bertz CT molecular complexity index is 541. The van der Waals surface area contributed by atoms with Crippen LogP contribution in [0.2, 0.25) is 0 Å². The van der Waals surface area contributed by atoms with Gasteiger partial charge in [0.1, 0.15) is 0 Å². The molecule has 5 nitrogen and oxygen atoms in total. The molecule has 0 saturated heterocycles. The number of tetrazole rings is 1. The Labute approximate surface area is 99.6 Å². The Kier molecular flexibility index (Phi) is 2.14. The second kappa shape index (κ2) is 3.55. The van der Waals surface area contributed by atoms with E-state index in [2.05, 4.69) is 22.4 Å². The van der Waals surface area contributed by atoms with Gasteiger partial charge in [-0.2, -0.15) is 0 Å². The Balaban J connectivity index is 2.11. The summed E-state index contributed by atoms with van der Waals surface area (Å²) in [4.78, 5) is 0. The summed E-state index contributed by atoms with van der Waals surface area (Å²) in [6.45, 7) is 2.19. The molecule has 1 aromatic carbocycles. The van der Waals surface area contributed by atoms with Gasteiger partial charge in [0, 0.05) is 11.3 Å². The number of rotatable bonds is 2. The topological polar surface area (TPSA) is 69.6 Å². The number of nitrogens with zero attached hydrogens (tertiary/aromatic N) is 4. The van der Waals surface area contributed by atoms with E-state index in [9.17, 15) is 0 Å². The van der Waals surface area contributed by atoms with Crippen LogP contribution in [0.25, 0.3) is 11.4 Å². The molecule has 1 aliphatic carbocycles. The standard InChI is InChI=1S/C12H15N5/c1-12(7-4-8-12)17-11(14-15-16-17)9-5-2-3-6-10(9)13/h2-3,5-6H,4,7-8,13H2,1H3. The van der Waals surface area contributed by atoms with Gasteiger partial charge in [-0.1, -0.05) is 12.1 Å². The molecule has 1 saturated carbocycles. The van der Waals surface area contributed by atoms with Gasteiger partial charge in [-0.25, -0.2) is 4.68 Å². The fraction of sp³-hybridized carbons (Fsp3) is 0.417. The molecule has 5 heteroatoms. The van der Waals surface area contributed by atoms with E-state index in [-0.39, 0.29) is 5.54 Å². The summed E-state index contributed by atoms with van der Waals surface area (Å²) in [7, 11) is 0. The van der Waals surface area contributed by atoms with Crippen LogP contribution in [0.4, 0.5) is 5.69 Å². The third-order valence-electron chi connectivity index (χ3n) is 3.61. The molecule has 1 aliphatic rings. The van der Waals surface area contributed by atoms with Crippen molar-refractivity contribution in [3.8, 4) is 11.4 Å². The number of anilines is 1. The van der Waals surface area contributed by atoms with Crippen molar-refractivity contribution >= 4 is 5.69 Å². The van der Waals surface area contributed by atoms with Crippen LogP contribution in [0, 0.1) is 0 Å². The highest BCUT2D eigenvalue weighted by molar-refractivity contribution is 5.71. The molecule has 1 heterocycles. The van der Waals surface area contributed by atoms with Crippen molar-refractivity contribution in [3.05, 3.63) is 24.3 Å². The maximum atomic E-state index is 5.97. The molecule has 17 heavy (non-hydrogen) atoms. The monoisotopic (exact) mass is 229 g/mol. The van der Waals surface area contributed by atoms with Crippen LogP contribution in [0.1, 0.15) is 26.2 Å². The summed E-state index contributed by atoms with van der Waals surface area (Å²) in [5.41, 5.74) is 7.65. The maximum absolute atomic E-state index is 5.97. The summed E-state index contributed by atoms with van der Waals surface area (Å²) >= 11 is 0. The zero-order valence-corrected chi connectivity index (χ0v) is 9.80. The van der Waals surface area contributed by atoms with E-state index in [1.54, 1.807) is 0 Å². The fourth-order valence-corrected chi connectivity index (χ4v) is 2.32. The van der Waals surface area contributed by atoms with Crippen molar-refractivity contribution < 1.29 is 0 Å². The van der Waals surface area contributed by atoms with Crippen molar-refractivity contribution in [3.63, 3.8) is 0 Å². The highest BCUT2D eigenvalue weighted by atomic mass is 15.6. The van der Waals surface area contributed by atoms with E-state index in [1.165, 1.54) is 6.42 Å². The normalized spacial score (nSPS) is 17.7.